The minimum Gasteiger partial charge on any atom is -0.390 e. The van der Waals surface area contributed by atoms with Crippen LogP contribution in [0.3, 0.4) is 0 Å². The summed E-state index contributed by atoms with van der Waals surface area (Å²) in [5.41, 5.74) is 4.96. The van der Waals surface area contributed by atoms with Gasteiger partial charge in [-0.15, -0.1) is 12.6 Å². The Kier molecular flexibility index (Phi) is 5.01. The fraction of sp³-hybridized carbons (Fsp3) is 0.167. The molecule has 9 heavy (non-hydrogen) atoms. The molecular weight excluding hydrogens is 132 g/mol. The van der Waals surface area contributed by atoms with Gasteiger partial charge in [0.1, 0.15) is 0 Å². The lowest BCUT2D eigenvalue weighted by Gasteiger charge is -1.78. The normalized spacial score (nSPS) is 13.8. The van der Waals surface area contributed by atoms with E-state index < -0.39 is 0 Å². The van der Waals surface area contributed by atoms with E-state index in [-0.39, 0.29) is 0 Å². The maximum absolute atomic E-state index is 4.96. The maximum Gasteiger partial charge on any atom is 0.0852 e. The van der Waals surface area contributed by atoms with Gasteiger partial charge in [-0.1, -0.05) is 6.08 Å². The third kappa shape index (κ3) is 7.30. The molecule has 0 saturated heterocycles. The molecule has 0 saturated carbocycles. The molecule has 0 bridgehead atoms. The molecule has 0 aliphatic rings. The summed E-state index contributed by atoms with van der Waals surface area (Å²) in [5.74, 6) is 0. The number of hydrogen-bond donors (Lipinski definition) is 2. The van der Waals surface area contributed by atoms with Crippen LogP contribution in [-0.4, -0.2) is 6.34 Å². The molecule has 0 aromatic heterocycles. The van der Waals surface area contributed by atoms with Crippen LogP contribution in [0.25, 0.3) is 0 Å². The average molecular weight is 142 g/mol. The summed E-state index contributed by atoms with van der Waals surface area (Å²) in [6.07, 6.45) is 6.43. The first-order chi connectivity index (χ1) is 4.27. The van der Waals surface area contributed by atoms with Crippen molar-refractivity contribution in [1.82, 2.24) is 0 Å². The van der Waals surface area contributed by atoms with Crippen molar-refractivity contribution in [2.24, 2.45) is 10.7 Å². The minimum atomic E-state index is 0.943. The summed E-state index contributed by atoms with van der Waals surface area (Å²) >= 11 is 4.03. The van der Waals surface area contributed by atoms with Crippen LogP contribution < -0.4 is 5.73 Å². The first kappa shape index (κ1) is 8.30. The van der Waals surface area contributed by atoms with Gasteiger partial charge in [-0.05, 0) is 17.9 Å². The molecular formula is C6H10N2S. The summed E-state index contributed by atoms with van der Waals surface area (Å²) < 4.78 is 0. The Hall–Kier alpha value is -0.700. The second kappa shape index (κ2) is 5.44. The van der Waals surface area contributed by atoms with Crippen molar-refractivity contribution in [2.75, 3.05) is 0 Å². The number of rotatable bonds is 2. The lowest BCUT2D eigenvalue weighted by atomic mass is 10.5. The molecule has 2 N–H and O–H groups in total. The molecule has 0 rings (SSSR count). The molecule has 0 aromatic rings. The number of nitrogens with zero attached hydrogens (tertiary/aromatic N) is 1. The Labute approximate surface area is 60.6 Å². The zero-order valence-corrected chi connectivity index (χ0v) is 6.18. The van der Waals surface area contributed by atoms with Gasteiger partial charge in [0.2, 0.25) is 0 Å². The molecule has 0 fully saturated rings. The first-order valence-electron chi connectivity index (χ1n) is 2.53. The molecule has 0 spiro atoms. The highest BCUT2D eigenvalue weighted by molar-refractivity contribution is 7.84. The molecule has 2 nitrogen and oxygen atoms in total. The molecule has 0 heterocycles. The summed E-state index contributed by atoms with van der Waals surface area (Å²) in [6.45, 7) is 1.89. The quantitative estimate of drug-likeness (QED) is 0.259. The van der Waals surface area contributed by atoms with E-state index in [1.165, 1.54) is 6.34 Å². The van der Waals surface area contributed by atoms with Crippen molar-refractivity contribution in [2.45, 2.75) is 6.92 Å². The third-order valence-electron chi connectivity index (χ3n) is 0.596. The molecule has 0 unspecified atom stereocenters. The third-order valence-corrected chi connectivity index (χ3v) is 0.745. The maximum atomic E-state index is 4.96. The topological polar surface area (TPSA) is 38.4 Å². The van der Waals surface area contributed by atoms with Crippen molar-refractivity contribution in [1.29, 1.82) is 0 Å². The van der Waals surface area contributed by atoms with Gasteiger partial charge in [0, 0.05) is 6.20 Å². The Morgan fingerprint density at radius 1 is 1.67 bits per heavy atom. The Bertz CT molecular complexity index is 143. The van der Waals surface area contributed by atoms with Crippen LogP contribution in [0.4, 0.5) is 0 Å². The van der Waals surface area contributed by atoms with Crippen LogP contribution in [0.5, 0.6) is 0 Å². The predicted molar refractivity (Wildman–Crippen MR) is 44.6 cm³/mol. The second-order valence-electron chi connectivity index (χ2n) is 1.45. The molecule has 0 atom stereocenters. The van der Waals surface area contributed by atoms with Gasteiger partial charge in [0.15, 0.2) is 0 Å². The lowest BCUT2D eigenvalue weighted by molar-refractivity contribution is 1.54. The van der Waals surface area contributed by atoms with Gasteiger partial charge >= 0.3 is 0 Å². The van der Waals surface area contributed by atoms with Gasteiger partial charge < -0.3 is 5.73 Å². The van der Waals surface area contributed by atoms with E-state index >= 15 is 0 Å². The fourth-order valence-electron chi connectivity index (χ4n) is 0.282. The summed E-state index contributed by atoms with van der Waals surface area (Å²) in [5, 5.41) is 0. The Balaban J connectivity index is 3.60. The van der Waals surface area contributed by atoms with Crippen LogP contribution in [0.1, 0.15) is 6.92 Å². The molecule has 0 amide bonds. The van der Waals surface area contributed by atoms with Crippen LogP contribution >= 0.6 is 12.6 Å². The van der Waals surface area contributed by atoms with Gasteiger partial charge in [-0.3, -0.25) is 0 Å². The van der Waals surface area contributed by atoms with E-state index in [1.54, 1.807) is 12.3 Å². The standard InChI is InChI=1S/C6H10N2S/c1-6(9)3-2-4-8-5-7/h2-5,9H,1H3,(H2,7,8)/b4-2+,6-3+. The van der Waals surface area contributed by atoms with E-state index in [0.717, 1.165) is 4.91 Å². The zero-order valence-electron chi connectivity index (χ0n) is 5.28. The van der Waals surface area contributed by atoms with Crippen molar-refractivity contribution < 1.29 is 0 Å². The summed E-state index contributed by atoms with van der Waals surface area (Å²) in [6, 6.07) is 0. The number of allylic oxidation sites excluding steroid dienone is 3. The first-order valence-corrected chi connectivity index (χ1v) is 2.98. The van der Waals surface area contributed by atoms with Crippen molar-refractivity contribution in [3.05, 3.63) is 23.3 Å². The van der Waals surface area contributed by atoms with Crippen LogP contribution in [0.15, 0.2) is 28.2 Å². The van der Waals surface area contributed by atoms with Gasteiger partial charge in [0.05, 0.1) is 6.34 Å². The van der Waals surface area contributed by atoms with Crippen LogP contribution in [0.2, 0.25) is 0 Å². The average Bonchev–Trinajstić information content (AvgIpc) is 1.80. The predicted octanol–water partition coefficient (Wildman–Crippen LogP) is 1.32. The van der Waals surface area contributed by atoms with E-state index in [2.05, 4.69) is 17.6 Å². The highest BCUT2D eigenvalue weighted by Gasteiger charge is 1.68. The molecule has 0 radical (unpaired) electrons. The lowest BCUT2D eigenvalue weighted by Crippen LogP contribution is -1.84. The highest BCUT2D eigenvalue weighted by Crippen LogP contribution is 1.95. The molecule has 0 aromatic carbocycles. The molecule has 0 aliphatic heterocycles. The largest absolute Gasteiger partial charge is 0.390 e. The number of aliphatic imine (C=N–C) groups is 1. The number of thiol groups is 1. The fourth-order valence-corrected chi connectivity index (χ4v) is 0.368. The van der Waals surface area contributed by atoms with Crippen molar-refractivity contribution in [3.8, 4) is 0 Å². The SMILES string of the molecule is C/C(S)=C\C=C\N=CN. The van der Waals surface area contributed by atoms with E-state index in [1.807, 2.05) is 13.0 Å². The van der Waals surface area contributed by atoms with Gasteiger partial charge in [0.25, 0.3) is 0 Å². The minimum absolute atomic E-state index is 0.943. The Morgan fingerprint density at radius 2 is 2.33 bits per heavy atom. The number of hydrogen-bond acceptors (Lipinski definition) is 2. The highest BCUT2D eigenvalue weighted by atomic mass is 32.1. The van der Waals surface area contributed by atoms with E-state index in [9.17, 15) is 0 Å². The molecule has 0 aliphatic carbocycles. The summed E-state index contributed by atoms with van der Waals surface area (Å²) in [7, 11) is 0. The van der Waals surface area contributed by atoms with E-state index in [0.29, 0.717) is 0 Å². The molecule has 3 heteroatoms. The van der Waals surface area contributed by atoms with Crippen molar-refractivity contribution >= 4 is 19.0 Å². The van der Waals surface area contributed by atoms with Crippen molar-refractivity contribution in [3.63, 3.8) is 0 Å². The van der Waals surface area contributed by atoms with Gasteiger partial charge in [-0.2, -0.15) is 0 Å². The van der Waals surface area contributed by atoms with Crippen LogP contribution in [-0.2, 0) is 0 Å². The number of nitrogens with two attached hydrogens (primary N) is 1. The second-order valence-corrected chi connectivity index (χ2v) is 2.15. The molecule has 50 valence electrons. The smallest absolute Gasteiger partial charge is 0.0852 e. The Morgan fingerprint density at radius 3 is 2.78 bits per heavy atom. The zero-order chi connectivity index (χ0) is 7.11. The van der Waals surface area contributed by atoms with E-state index in [4.69, 9.17) is 5.73 Å². The van der Waals surface area contributed by atoms with Crippen LogP contribution in [0, 0.1) is 0 Å². The van der Waals surface area contributed by atoms with Gasteiger partial charge in [-0.25, -0.2) is 4.99 Å². The summed E-state index contributed by atoms with van der Waals surface area (Å²) in [4.78, 5) is 4.58. The monoisotopic (exact) mass is 142 g/mol.